The van der Waals surface area contributed by atoms with Gasteiger partial charge in [-0.3, -0.25) is 14.4 Å². The predicted molar refractivity (Wildman–Crippen MR) is 121 cm³/mol. The number of Topliss-reactive ketones (excluding diaryl/α,β-unsaturated/α-hetero) is 2. The number of hydrogen-bond donors (Lipinski definition) is 1. The zero-order chi connectivity index (χ0) is 22.2. The van der Waals surface area contributed by atoms with Crippen molar-refractivity contribution in [3.63, 3.8) is 0 Å². The van der Waals surface area contributed by atoms with Crippen LogP contribution >= 0.6 is 0 Å². The summed E-state index contributed by atoms with van der Waals surface area (Å²) in [5, 5.41) is 2.90. The van der Waals surface area contributed by atoms with E-state index >= 15 is 0 Å². The molecule has 0 radical (unpaired) electrons. The van der Waals surface area contributed by atoms with Crippen molar-refractivity contribution >= 4 is 17.5 Å². The van der Waals surface area contributed by atoms with Crippen molar-refractivity contribution in [2.24, 2.45) is 11.3 Å². The second kappa shape index (κ2) is 16.5. The molecule has 4 heteroatoms. The van der Waals surface area contributed by atoms with Crippen molar-refractivity contribution in [3.05, 3.63) is 12.2 Å². The maximum Gasteiger partial charge on any atom is 0.220 e. The summed E-state index contributed by atoms with van der Waals surface area (Å²) in [6.07, 6.45) is 7.62. The number of allylic oxidation sites excluding steroid dienone is 1. The monoisotopic (exact) mass is 397 g/mol. The van der Waals surface area contributed by atoms with Crippen LogP contribution in [-0.4, -0.2) is 24.0 Å². The van der Waals surface area contributed by atoms with Gasteiger partial charge in [0.25, 0.3) is 0 Å². The molecule has 4 nitrogen and oxygen atoms in total. The minimum atomic E-state index is -0.198. The molecule has 0 spiro atoms. The third kappa shape index (κ3) is 14.6. The van der Waals surface area contributed by atoms with Gasteiger partial charge in [-0.05, 0) is 38.2 Å². The average Bonchev–Trinajstić information content (AvgIpc) is 2.64. The number of carbonyl (C=O) groups is 3. The molecule has 1 N–H and O–H groups in total. The van der Waals surface area contributed by atoms with Gasteiger partial charge in [-0.2, -0.15) is 0 Å². The molecule has 0 aromatic carbocycles. The first kappa shape index (κ1) is 28.8. The molecule has 0 aromatic heterocycles. The van der Waals surface area contributed by atoms with E-state index in [1.54, 1.807) is 6.92 Å². The van der Waals surface area contributed by atoms with E-state index in [-0.39, 0.29) is 24.4 Å². The zero-order valence-electron chi connectivity index (χ0n) is 19.6. The van der Waals surface area contributed by atoms with E-state index in [0.29, 0.717) is 37.2 Å². The standard InChI is InChI=1S/C21H37NO3.C3H8.H2/c1-7-21(5,6)18(23)12-10-8-9-11-15-22-19(24)14-13-17(4)20(25)16(2)3;1-3-2;/h17H,2,7-15H2,1,3-6H3,(H,22,24);3H2,1-2H3;1H. The Balaban J connectivity index is -0.00000158. The minimum Gasteiger partial charge on any atom is -0.356 e. The molecule has 1 unspecified atom stereocenters. The lowest BCUT2D eigenvalue weighted by Crippen LogP contribution is -2.25. The second-order valence-electron chi connectivity index (χ2n) is 8.47. The molecular formula is C24H47NO3. The zero-order valence-corrected chi connectivity index (χ0v) is 19.6. The molecule has 0 fully saturated rings. The molecule has 0 aliphatic carbocycles. The van der Waals surface area contributed by atoms with Crippen LogP contribution in [0.25, 0.3) is 0 Å². The highest BCUT2D eigenvalue weighted by Gasteiger charge is 2.23. The molecule has 1 amide bonds. The fourth-order valence-electron chi connectivity index (χ4n) is 2.52. The highest BCUT2D eigenvalue weighted by Crippen LogP contribution is 2.23. The third-order valence-corrected chi connectivity index (χ3v) is 4.96. The molecule has 0 rings (SSSR count). The van der Waals surface area contributed by atoms with Crippen LogP contribution in [-0.2, 0) is 14.4 Å². The summed E-state index contributed by atoms with van der Waals surface area (Å²) in [5.74, 6) is 0.240. The molecule has 0 heterocycles. The van der Waals surface area contributed by atoms with E-state index in [0.717, 1.165) is 32.1 Å². The van der Waals surface area contributed by atoms with Gasteiger partial charge < -0.3 is 5.32 Å². The number of unbranched alkanes of at least 4 members (excludes halogenated alkanes) is 3. The van der Waals surface area contributed by atoms with Crippen molar-refractivity contribution in [1.82, 2.24) is 5.32 Å². The topological polar surface area (TPSA) is 63.2 Å². The van der Waals surface area contributed by atoms with Crippen molar-refractivity contribution in [2.45, 2.75) is 106 Å². The summed E-state index contributed by atoms with van der Waals surface area (Å²) in [6.45, 7) is 18.2. The lowest BCUT2D eigenvalue weighted by atomic mass is 9.83. The normalized spacial score (nSPS) is 11.8. The highest BCUT2D eigenvalue weighted by molar-refractivity contribution is 5.96. The lowest BCUT2D eigenvalue weighted by molar-refractivity contribution is -0.127. The third-order valence-electron chi connectivity index (χ3n) is 4.96. The van der Waals surface area contributed by atoms with E-state index in [1.807, 2.05) is 20.8 Å². The lowest BCUT2D eigenvalue weighted by Gasteiger charge is -2.20. The van der Waals surface area contributed by atoms with Crippen LogP contribution in [0.2, 0.25) is 0 Å². The summed E-state index contributed by atoms with van der Waals surface area (Å²) in [5.41, 5.74) is 0.352. The van der Waals surface area contributed by atoms with Gasteiger partial charge in [-0.1, -0.05) is 67.4 Å². The van der Waals surface area contributed by atoms with Gasteiger partial charge in [0.15, 0.2) is 5.78 Å². The van der Waals surface area contributed by atoms with Crippen molar-refractivity contribution in [3.8, 4) is 0 Å². The number of hydrogen-bond acceptors (Lipinski definition) is 3. The first-order valence-corrected chi connectivity index (χ1v) is 11.0. The highest BCUT2D eigenvalue weighted by atomic mass is 16.1. The van der Waals surface area contributed by atoms with Crippen molar-refractivity contribution < 1.29 is 15.8 Å². The Labute approximate surface area is 175 Å². The summed E-state index contributed by atoms with van der Waals surface area (Å²) >= 11 is 0. The van der Waals surface area contributed by atoms with Crippen LogP contribution in [0.4, 0.5) is 0 Å². The molecule has 28 heavy (non-hydrogen) atoms. The predicted octanol–water partition coefficient (Wildman–Crippen LogP) is 6.28. The van der Waals surface area contributed by atoms with Gasteiger partial charge in [0.05, 0.1) is 0 Å². The Hall–Kier alpha value is -1.45. The molecule has 0 bridgehead atoms. The average molecular weight is 398 g/mol. The Morgan fingerprint density at radius 2 is 1.54 bits per heavy atom. The largest absolute Gasteiger partial charge is 0.356 e. The Morgan fingerprint density at radius 3 is 2.04 bits per heavy atom. The summed E-state index contributed by atoms with van der Waals surface area (Å²) in [7, 11) is 0. The van der Waals surface area contributed by atoms with Gasteiger partial charge in [-0.25, -0.2) is 0 Å². The fraction of sp³-hybridized carbons (Fsp3) is 0.792. The van der Waals surface area contributed by atoms with Crippen LogP contribution in [0.15, 0.2) is 12.2 Å². The molecular weight excluding hydrogens is 350 g/mol. The van der Waals surface area contributed by atoms with Crippen molar-refractivity contribution in [2.75, 3.05) is 6.54 Å². The van der Waals surface area contributed by atoms with Crippen molar-refractivity contribution in [1.29, 1.82) is 0 Å². The first-order valence-electron chi connectivity index (χ1n) is 11.0. The fourth-order valence-corrected chi connectivity index (χ4v) is 2.52. The smallest absolute Gasteiger partial charge is 0.220 e. The molecule has 0 aromatic rings. The summed E-state index contributed by atoms with van der Waals surface area (Å²) < 4.78 is 0. The molecule has 0 saturated heterocycles. The maximum absolute atomic E-state index is 12.0. The Kier molecular flexibility index (Phi) is 16.9. The van der Waals surface area contributed by atoms with Gasteiger partial charge in [0, 0.05) is 32.1 Å². The van der Waals surface area contributed by atoms with Gasteiger partial charge in [-0.15, -0.1) is 0 Å². The van der Waals surface area contributed by atoms with E-state index < -0.39 is 0 Å². The van der Waals surface area contributed by atoms with Crippen LogP contribution < -0.4 is 5.32 Å². The van der Waals surface area contributed by atoms with Gasteiger partial charge in [0.1, 0.15) is 5.78 Å². The number of nitrogens with one attached hydrogen (secondary N) is 1. The first-order chi connectivity index (χ1) is 13.0. The summed E-state index contributed by atoms with van der Waals surface area (Å²) in [6, 6.07) is 0. The molecule has 1 atom stereocenters. The van der Waals surface area contributed by atoms with E-state index in [4.69, 9.17) is 0 Å². The van der Waals surface area contributed by atoms with Crippen LogP contribution in [0, 0.1) is 11.3 Å². The van der Waals surface area contributed by atoms with E-state index in [1.165, 1.54) is 6.42 Å². The van der Waals surface area contributed by atoms with Crippen LogP contribution in [0.5, 0.6) is 0 Å². The maximum atomic E-state index is 12.0. The van der Waals surface area contributed by atoms with Crippen LogP contribution in [0.1, 0.15) is 108 Å². The van der Waals surface area contributed by atoms with E-state index in [2.05, 4.69) is 32.7 Å². The number of rotatable bonds is 14. The molecule has 0 saturated carbocycles. The minimum absolute atomic E-state index is 0. The number of ketones is 2. The molecule has 0 aliphatic heterocycles. The number of carbonyl (C=O) groups excluding carboxylic acids is 3. The number of amides is 1. The van der Waals surface area contributed by atoms with E-state index in [9.17, 15) is 14.4 Å². The van der Waals surface area contributed by atoms with Gasteiger partial charge >= 0.3 is 0 Å². The summed E-state index contributed by atoms with van der Waals surface area (Å²) in [4.78, 5) is 35.5. The Bertz CT molecular complexity index is 487. The van der Waals surface area contributed by atoms with Gasteiger partial charge in [0.2, 0.25) is 5.91 Å². The van der Waals surface area contributed by atoms with Crippen LogP contribution in [0.3, 0.4) is 0 Å². The SMILES string of the molecule is C=C(C)C(=O)C(C)CCC(=O)NCCCCCCC(=O)C(C)(C)CC.CCC.[HH]. The molecule has 166 valence electrons. The quantitative estimate of drug-likeness (QED) is 0.277. The Morgan fingerprint density at radius 1 is 1.00 bits per heavy atom. The second-order valence-corrected chi connectivity index (χ2v) is 8.47. The molecule has 0 aliphatic rings.